The van der Waals surface area contributed by atoms with Crippen molar-refractivity contribution in [2.75, 3.05) is 17.2 Å². The fourth-order valence-electron chi connectivity index (χ4n) is 0.427. The predicted octanol–water partition coefficient (Wildman–Crippen LogP) is -3.08. The number of hydrogen-bond donors (Lipinski definition) is 6. The monoisotopic (exact) mass is 275 g/mol. The summed E-state index contributed by atoms with van der Waals surface area (Å²) in [6.07, 6.45) is 0. The second-order valence-corrected chi connectivity index (χ2v) is 2.75. The molecule has 0 fully saturated rings. The van der Waals surface area contributed by atoms with Gasteiger partial charge in [0.25, 0.3) is 0 Å². The van der Waals surface area contributed by atoms with Gasteiger partial charge in [-0.25, -0.2) is 0 Å². The SMILES string of the molecule is Nc1nc(N)nc(N)n1.O=P([O-])([O-])[O-].[NH4+].[NH4+].[NH4+]. The van der Waals surface area contributed by atoms with Crippen molar-refractivity contribution in [3.63, 3.8) is 0 Å². The van der Waals surface area contributed by atoms with E-state index in [4.69, 9.17) is 36.4 Å². The molecule has 0 aliphatic heterocycles. The molecular formula is C3H18N9O4P. The van der Waals surface area contributed by atoms with E-state index < -0.39 is 7.82 Å². The maximum absolute atomic E-state index is 8.55. The van der Waals surface area contributed by atoms with Gasteiger partial charge in [-0.15, -0.1) is 0 Å². The van der Waals surface area contributed by atoms with E-state index in [1.165, 1.54) is 0 Å². The molecule has 1 aromatic heterocycles. The lowest BCUT2D eigenvalue weighted by molar-refractivity contribution is -0.432. The van der Waals surface area contributed by atoms with Gasteiger partial charge in [-0.3, -0.25) is 0 Å². The molecule has 104 valence electrons. The average Bonchev–Trinajstić information content (AvgIpc) is 1.77. The Hall–Kier alpha value is -1.60. The molecule has 18 N–H and O–H groups in total. The van der Waals surface area contributed by atoms with Crippen LogP contribution in [0.1, 0.15) is 0 Å². The van der Waals surface area contributed by atoms with Gasteiger partial charge in [0.1, 0.15) is 0 Å². The van der Waals surface area contributed by atoms with Crippen LogP contribution in [0.3, 0.4) is 0 Å². The van der Waals surface area contributed by atoms with Gasteiger partial charge in [0, 0.05) is 0 Å². The quantitative estimate of drug-likeness (QED) is 0.259. The van der Waals surface area contributed by atoms with Crippen LogP contribution in [0, 0.1) is 0 Å². The van der Waals surface area contributed by atoms with E-state index in [0.29, 0.717) is 0 Å². The van der Waals surface area contributed by atoms with E-state index in [0.717, 1.165) is 0 Å². The van der Waals surface area contributed by atoms with E-state index in [-0.39, 0.29) is 36.3 Å². The van der Waals surface area contributed by atoms with Crippen molar-refractivity contribution in [1.29, 1.82) is 0 Å². The van der Waals surface area contributed by atoms with Gasteiger partial charge in [0.15, 0.2) is 0 Å². The third-order valence-corrected chi connectivity index (χ3v) is 0.687. The van der Waals surface area contributed by atoms with Crippen LogP contribution in [0.25, 0.3) is 0 Å². The highest BCUT2D eigenvalue weighted by atomic mass is 31.2. The average molecular weight is 275 g/mol. The van der Waals surface area contributed by atoms with Gasteiger partial charge >= 0.3 is 0 Å². The van der Waals surface area contributed by atoms with Gasteiger partial charge in [0.2, 0.25) is 17.8 Å². The Balaban J connectivity index is -0.0000000948. The van der Waals surface area contributed by atoms with E-state index in [2.05, 4.69) is 15.0 Å². The fraction of sp³-hybridized carbons (Fsp3) is 0. The molecule has 1 aromatic rings. The number of hydrogen-bond acceptors (Lipinski definition) is 10. The molecule has 0 spiro atoms. The highest BCUT2D eigenvalue weighted by Crippen LogP contribution is 2.03. The Morgan fingerprint density at radius 2 is 0.882 bits per heavy atom. The summed E-state index contributed by atoms with van der Waals surface area (Å²) in [5.74, 6) is 0.125. The van der Waals surface area contributed by atoms with Crippen LogP contribution in [0.4, 0.5) is 17.8 Å². The second kappa shape index (κ2) is 9.61. The largest absolute Gasteiger partial charge is 0.822 e. The van der Waals surface area contributed by atoms with Gasteiger partial charge in [-0.05, 0) is 0 Å². The molecule has 0 saturated carbocycles. The molecule has 0 radical (unpaired) electrons. The number of nitrogens with zero attached hydrogens (tertiary/aromatic N) is 3. The van der Waals surface area contributed by atoms with Crippen LogP contribution >= 0.6 is 7.82 Å². The topological polar surface area (TPSA) is 312 Å². The molecule has 0 aliphatic rings. The van der Waals surface area contributed by atoms with Crippen molar-refractivity contribution in [1.82, 2.24) is 33.4 Å². The van der Waals surface area contributed by atoms with E-state index in [1.54, 1.807) is 0 Å². The minimum absolute atomic E-state index is 0. The zero-order valence-corrected chi connectivity index (χ0v) is 10.5. The van der Waals surface area contributed by atoms with Crippen molar-refractivity contribution in [3.05, 3.63) is 0 Å². The van der Waals surface area contributed by atoms with Gasteiger partial charge < -0.3 is 54.9 Å². The molecule has 0 aromatic carbocycles. The summed E-state index contributed by atoms with van der Waals surface area (Å²) in [4.78, 5) is 36.1. The summed E-state index contributed by atoms with van der Waals surface area (Å²) in [6.45, 7) is 0. The van der Waals surface area contributed by atoms with E-state index >= 15 is 0 Å². The number of aromatic nitrogens is 3. The number of phosphoric acid groups is 1. The molecule has 0 saturated heterocycles. The van der Waals surface area contributed by atoms with Crippen molar-refractivity contribution >= 4 is 25.7 Å². The summed E-state index contributed by atoms with van der Waals surface area (Å²) in [6, 6.07) is 0. The minimum atomic E-state index is -5.39. The summed E-state index contributed by atoms with van der Waals surface area (Å²) < 4.78 is 8.55. The zero-order chi connectivity index (χ0) is 11.4. The molecule has 17 heavy (non-hydrogen) atoms. The Labute approximate surface area is 96.5 Å². The smallest absolute Gasteiger partial charge is 0.226 e. The lowest BCUT2D eigenvalue weighted by Crippen LogP contribution is -2.24. The van der Waals surface area contributed by atoms with Crippen LogP contribution in [-0.2, 0) is 4.57 Å². The van der Waals surface area contributed by atoms with Gasteiger partial charge in [-0.2, -0.15) is 22.8 Å². The lowest BCUT2D eigenvalue weighted by atomic mass is 10.9. The third-order valence-electron chi connectivity index (χ3n) is 0.687. The van der Waals surface area contributed by atoms with E-state index in [1.807, 2.05) is 0 Å². The summed E-state index contributed by atoms with van der Waals surface area (Å²) in [5, 5.41) is 0. The molecule has 0 bridgehead atoms. The van der Waals surface area contributed by atoms with Gasteiger partial charge in [0.05, 0.1) is 0 Å². The fourth-order valence-corrected chi connectivity index (χ4v) is 0.427. The molecule has 1 heterocycles. The first-order valence-electron chi connectivity index (χ1n) is 2.94. The summed E-state index contributed by atoms with van der Waals surface area (Å²) in [7, 11) is -5.39. The summed E-state index contributed by atoms with van der Waals surface area (Å²) in [5.41, 5.74) is 15.4. The number of anilines is 3. The molecular weight excluding hydrogens is 257 g/mol. The van der Waals surface area contributed by atoms with Crippen molar-refractivity contribution in [3.8, 4) is 0 Å². The minimum Gasteiger partial charge on any atom is -0.822 e. The van der Waals surface area contributed by atoms with Crippen molar-refractivity contribution in [2.45, 2.75) is 0 Å². The Kier molecular flexibility index (Phi) is 13.9. The van der Waals surface area contributed by atoms with E-state index in [9.17, 15) is 0 Å². The Bertz CT molecular complexity index is 295. The van der Waals surface area contributed by atoms with Crippen molar-refractivity contribution in [2.24, 2.45) is 0 Å². The van der Waals surface area contributed by atoms with Gasteiger partial charge in [-0.1, -0.05) is 0 Å². The zero-order valence-electron chi connectivity index (χ0n) is 9.65. The molecule has 0 amide bonds. The van der Waals surface area contributed by atoms with Crippen LogP contribution in [0.5, 0.6) is 0 Å². The van der Waals surface area contributed by atoms with Crippen LogP contribution < -0.4 is 50.3 Å². The standard InChI is InChI=1S/C3H6N6.3H3N.H3O4P/c4-1-7-2(5)9-3(6)8-1;;;;1-5(2,3)4/h(H6,4,5,6,7,8,9);3*1H3;(H3,1,2,3,4). The first-order valence-corrected chi connectivity index (χ1v) is 4.40. The van der Waals surface area contributed by atoms with Crippen LogP contribution in [0.15, 0.2) is 0 Å². The van der Waals surface area contributed by atoms with Crippen LogP contribution in [0.2, 0.25) is 0 Å². The normalized spacial score (nSPS) is 8.41. The molecule has 1 rings (SSSR count). The van der Waals surface area contributed by atoms with Crippen molar-refractivity contribution < 1.29 is 19.2 Å². The molecule has 0 atom stereocenters. The first kappa shape index (κ1) is 24.6. The number of nitrogen functional groups attached to an aromatic ring is 3. The Morgan fingerprint density at radius 3 is 1.00 bits per heavy atom. The number of quaternary nitrogens is 3. The molecule has 0 unspecified atom stereocenters. The molecule has 13 nitrogen and oxygen atoms in total. The second-order valence-electron chi connectivity index (χ2n) is 1.86. The summed E-state index contributed by atoms with van der Waals surface area (Å²) >= 11 is 0. The maximum atomic E-state index is 8.55. The molecule has 14 heteroatoms. The Morgan fingerprint density at radius 1 is 0.765 bits per heavy atom. The number of nitrogens with two attached hydrogens (primary N) is 3. The first-order chi connectivity index (χ1) is 6.18. The third kappa shape index (κ3) is 20.5. The maximum Gasteiger partial charge on any atom is 0.226 e. The number of rotatable bonds is 0. The predicted molar refractivity (Wildman–Crippen MR) is 58.6 cm³/mol. The molecule has 0 aliphatic carbocycles. The highest BCUT2D eigenvalue weighted by molar-refractivity contribution is 7.40. The highest BCUT2D eigenvalue weighted by Gasteiger charge is 1.93. The lowest BCUT2D eigenvalue weighted by Gasteiger charge is -2.36. The van der Waals surface area contributed by atoms with Crippen LogP contribution in [-0.4, -0.2) is 15.0 Å².